The Morgan fingerprint density at radius 1 is 1.18 bits per heavy atom. The van der Waals surface area contributed by atoms with Crippen molar-refractivity contribution in [2.45, 2.75) is 6.42 Å². The van der Waals surface area contributed by atoms with E-state index in [1.54, 1.807) is 31.5 Å². The largest absolute Gasteiger partial charge is 0.385 e. The second-order valence-corrected chi connectivity index (χ2v) is 6.47. The Morgan fingerprint density at radius 2 is 2.00 bits per heavy atom. The van der Waals surface area contributed by atoms with E-state index in [2.05, 4.69) is 15.4 Å². The molecule has 0 aliphatic carbocycles. The van der Waals surface area contributed by atoms with Gasteiger partial charge < -0.3 is 10.1 Å². The molecule has 0 spiro atoms. The highest BCUT2D eigenvalue weighted by atomic mass is 16.5. The van der Waals surface area contributed by atoms with Crippen LogP contribution < -0.4 is 10.9 Å². The number of methoxy groups -OCH3 is 1. The summed E-state index contributed by atoms with van der Waals surface area (Å²) in [5.41, 5.74) is 2.46. The lowest BCUT2D eigenvalue weighted by Crippen LogP contribution is -2.25. The minimum absolute atomic E-state index is 0.167. The second-order valence-electron chi connectivity index (χ2n) is 6.47. The third kappa shape index (κ3) is 3.27. The number of H-pyrrole nitrogens is 1. The second kappa shape index (κ2) is 7.66. The Kier molecular flexibility index (Phi) is 4.90. The lowest BCUT2D eigenvalue weighted by atomic mass is 10.1. The van der Waals surface area contributed by atoms with Gasteiger partial charge >= 0.3 is 0 Å². The Labute approximate surface area is 160 Å². The molecule has 4 rings (SSSR count). The number of nitrogens with zero attached hydrogens (tertiary/aromatic N) is 2. The maximum absolute atomic E-state index is 12.8. The number of carbonyl (C=O) groups excluding carboxylic acids is 1. The van der Waals surface area contributed by atoms with Gasteiger partial charge in [0.1, 0.15) is 0 Å². The first-order valence-corrected chi connectivity index (χ1v) is 9.05. The molecular formula is C21H20N4O3. The molecule has 0 fully saturated rings. The summed E-state index contributed by atoms with van der Waals surface area (Å²) < 4.78 is 6.48. The maximum Gasteiger partial charge on any atom is 0.280 e. The highest BCUT2D eigenvalue weighted by molar-refractivity contribution is 6.06. The molecule has 2 aromatic carbocycles. The summed E-state index contributed by atoms with van der Waals surface area (Å²) in [6, 6.07) is 14.6. The lowest BCUT2D eigenvalue weighted by molar-refractivity contribution is 0.0948. The molecule has 0 bridgehead atoms. The highest BCUT2D eigenvalue weighted by Gasteiger charge is 2.14. The predicted molar refractivity (Wildman–Crippen MR) is 108 cm³/mol. The molecule has 0 aliphatic rings. The quantitative estimate of drug-likeness (QED) is 0.506. The van der Waals surface area contributed by atoms with Crippen LogP contribution in [-0.4, -0.2) is 40.9 Å². The molecule has 0 atom stereocenters. The number of ether oxygens (including phenoxy) is 1. The van der Waals surface area contributed by atoms with Gasteiger partial charge in [0.25, 0.3) is 11.5 Å². The average molecular weight is 376 g/mol. The fraction of sp³-hybridized carbons (Fsp3) is 0.190. The molecule has 0 saturated carbocycles. The van der Waals surface area contributed by atoms with Crippen molar-refractivity contribution in [3.05, 3.63) is 70.6 Å². The van der Waals surface area contributed by atoms with Gasteiger partial charge in [0, 0.05) is 37.4 Å². The van der Waals surface area contributed by atoms with Crippen molar-refractivity contribution in [1.29, 1.82) is 0 Å². The molecular weight excluding hydrogens is 356 g/mol. The van der Waals surface area contributed by atoms with Crippen LogP contribution in [0.25, 0.3) is 27.5 Å². The molecule has 7 heteroatoms. The minimum atomic E-state index is -0.176. The van der Waals surface area contributed by atoms with Crippen molar-refractivity contribution in [1.82, 2.24) is 20.1 Å². The van der Waals surface area contributed by atoms with Crippen LogP contribution >= 0.6 is 0 Å². The summed E-state index contributed by atoms with van der Waals surface area (Å²) in [6.45, 7) is 1.13. The lowest BCUT2D eigenvalue weighted by Gasteiger charge is -2.06. The van der Waals surface area contributed by atoms with Crippen LogP contribution in [0.1, 0.15) is 16.8 Å². The number of benzene rings is 2. The number of pyridine rings is 1. The van der Waals surface area contributed by atoms with E-state index in [0.29, 0.717) is 35.1 Å². The van der Waals surface area contributed by atoms with Gasteiger partial charge in [-0.1, -0.05) is 18.2 Å². The molecule has 0 unspecified atom stereocenters. The minimum Gasteiger partial charge on any atom is -0.385 e. The molecule has 2 aromatic heterocycles. The Morgan fingerprint density at radius 3 is 2.79 bits per heavy atom. The molecule has 0 saturated heterocycles. The van der Waals surface area contributed by atoms with Crippen LogP contribution in [0.3, 0.4) is 0 Å². The monoisotopic (exact) mass is 376 g/mol. The molecule has 1 amide bonds. The molecule has 2 heterocycles. The zero-order valence-corrected chi connectivity index (χ0v) is 15.4. The van der Waals surface area contributed by atoms with E-state index in [1.807, 2.05) is 30.3 Å². The predicted octanol–water partition coefficient (Wildman–Crippen LogP) is 2.63. The number of fused-ring (bicyclic) bond motifs is 3. The summed E-state index contributed by atoms with van der Waals surface area (Å²) in [5, 5.41) is 7.25. The topological polar surface area (TPSA) is 89.0 Å². The fourth-order valence-corrected chi connectivity index (χ4v) is 3.18. The van der Waals surface area contributed by atoms with E-state index in [0.717, 1.165) is 17.5 Å². The van der Waals surface area contributed by atoms with Crippen LogP contribution in [-0.2, 0) is 4.74 Å². The van der Waals surface area contributed by atoms with E-state index < -0.39 is 0 Å². The van der Waals surface area contributed by atoms with Gasteiger partial charge in [-0.3, -0.25) is 19.7 Å². The molecule has 0 radical (unpaired) electrons. The van der Waals surface area contributed by atoms with Gasteiger partial charge in [-0.25, -0.2) is 4.68 Å². The van der Waals surface area contributed by atoms with Crippen LogP contribution in [0.15, 0.2) is 59.5 Å². The van der Waals surface area contributed by atoms with Gasteiger partial charge in [-0.15, -0.1) is 0 Å². The van der Waals surface area contributed by atoms with E-state index >= 15 is 0 Å². The van der Waals surface area contributed by atoms with E-state index in [9.17, 15) is 9.59 Å². The van der Waals surface area contributed by atoms with Gasteiger partial charge in [0.2, 0.25) is 0 Å². The summed E-state index contributed by atoms with van der Waals surface area (Å²) in [5.74, 6) is -0.167. The van der Waals surface area contributed by atoms with E-state index in [1.165, 1.54) is 4.68 Å². The van der Waals surface area contributed by atoms with Crippen molar-refractivity contribution in [2.24, 2.45) is 0 Å². The fourth-order valence-electron chi connectivity index (χ4n) is 3.18. The number of amides is 1. The molecule has 0 aliphatic heterocycles. The van der Waals surface area contributed by atoms with Gasteiger partial charge in [-0.05, 0) is 36.8 Å². The number of hydrogen-bond donors (Lipinski definition) is 2. The summed E-state index contributed by atoms with van der Waals surface area (Å²) in [4.78, 5) is 29.6. The van der Waals surface area contributed by atoms with Crippen LogP contribution in [0.4, 0.5) is 0 Å². The van der Waals surface area contributed by atoms with Crippen molar-refractivity contribution in [3.63, 3.8) is 0 Å². The number of nitrogens with one attached hydrogen (secondary N) is 2. The van der Waals surface area contributed by atoms with Crippen molar-refractivity contribution >= 4 is 27.7 Å². The Balaban J connectivity index is 1.76. The number of hydrogen-bond acceptors (Lipinski definition) is 4. The molecule has 2 N–H and O–H groups in total. The van der Waals surface area contributed by atoms with Crippen LogP contribution in [0, 0.1) is 0 Å². The van der Waals surface area contributed by atoms with E-state index in [-0.39, 0.29) is 11.5 Å². The van der Waals surface area contributed by atoms with Crippen molar-refractivity contribution in [2.75, 3.05) is 20.3 Å². The summed E-state index contributed by atoms with van der Waals surface area (Å²) in [6.07, 6.45) is 2.31. The zero-order valence-electron chi connectivity index (χ0n) is 15.4. The molecule has 7 nitrogen and oxygen atoms in total. The smallest absolute Gasteiger partial charge is 0.280 e. The third-order valence-electron chi connectivity index (χ3n) is 4.61. The Bertz CT molecular complexity index is 1190. The maximum atomic E-state index is 12.8. The first-order valence-electron chi connectivity index (χ1n) is 9.05. The summed E-state index contributed by atoms with van der Waals surface area (Å²) in [7, 11) is 1.63. The van der Waals surface area contributed by atoms with E-state index in [4.69, 9.17) is 4.74 Å². The van der Waals surface area contributed by atoms with Crippen molar-refractivity contribution < 1.29 is 9.53 Å². The Hall–Kier alpha value is -3.45. The van der Waals surface area contributed by atoms with Crippen LogP contribution in [0.2, 0.25) is 0 Å². The molecule has 142 valence electrons. The van der Waals surface area contributed by atoms with Crippen LogP contribution in [0.5, 0.6) is 0 Å². The first-order chi connectivity index (χ1) is 13.7. The number of aromatic nitrogens is 3. The third-order valence-corrected chi connectivity index (χ3v) is 4.61. The normalized spacial score (nSPS) is 11.2. The molecule has 4 aromatic rings. The van der Waals surface area contributed by atoms with Gasteiger partial charge in [0.15, 0.2) is 0 Å². The summed E-state index contributed by atoms with van der Waals surface area (Å²) >= 11 is 0. The zero-order chi connectivity index (χ0) is 19.5. The highest BCUT2D eigenvalue weighted by Crippen LogP contribution is 2.22. The standard InChI is InChI=1S/C21H20N4O3/c1-28-11-5-10-22-20(26)14-8-9-18-16(12-14)19-17(13-23-18)21(27)25(24-19)15-6-3-2-4-7-15/h2-4,6-9,12-13,24H,5,10-11H2,1H3,(H,22,26). The average Bonchev–Trinajstić information content (AvgIpc) is 3.08. The van der Waals surface area contributed by atoms with Gasteiger partial charge in [0.05, 0.1) is 22.1 Å². The van der Waals surface area contributed by atoms with Gasteiger partial charge in [-0.2, -0.15) is 0 Å². The number of rotatable bonds is 6. The number of para-hydroxylation sites is 1. The number of carbonyl (C=O) groups is 1. The SMILES string of the molecule is COCCCNC(=O)c1ccc2ncc3c(=O)n(-c4ccccc4)[nH]c3c2c1. The van der Waals surface area contributed by atoms with Crippen molar-refractivity contribution in [3.8, 4) is 5.69 Å². The number of aromatic amines is 1. The first kappa shape index (κ1) is 17.9. The molecule has 28 heavy (non-hydrogen) atoms.